The van der Waals surface area contributed by atoms with E-state index in [2.05, 4.69) is 112 Å². The molecule has 0 saturated carbocycles. The van der Waals surface area contributed by atoms with Crippen molar-refractivity contribution < 1.29 is 9.47 Å². The number of hydrogen-bond acceptors (Lipinski definition) is 3. The minimum atomic E-state index is -0.132. The third kappa shape index (κ3) is 7.62. The van der Waals surface area contributed by atoms with Gasteiger partial charge in [0.1, 0.15) is 5.75 Å². The van der Waals surface area contributed by atoms with Crippen LogP contribution in [0.1, 0.15) is 103 Å². The standard InChI is InChI=1S/C36H50NO2P/c1-12-21-36(10,31-23-27(34(4,5)6)22-30(35(7,8)9)32(31)39-24-38-11)40-33-25(2)17-16-20-29(33)26(3)37-28-18-14-13-15-19-28/h13-20,22-23,40H,12,21,24H2,1-11H3. The molecule has 2 unspecified atom stereocenters. The predicted octanol–water partition coefficient (Wildman–Crippen LogP) is 9.73. The van der Waals surface area contributed by atoms with Crippen molar-refractivity contribution in [1.82, 2.24) is 0 Å². The molecule has 3 aromatic carbocycles. The number of para-hydroxylation sites is 1. The topological polar surface area (TPSA) is 30.8 Å². The fourth-order valence-electron chi connectivity index (χ4n) is 5.23. The summed E-state index contributed by atoms with van der Waals surface area (Å²) < 4.78 is 11.9. The van der Waals surface area contributed by atoms with E-state index >= 15 is 0 Å². The number of hydrogen-bond donors (Lipinski definition) is 0. The third-order valence-corrected chi connectivity index (χ3v) is 9.53. The normalized spacial score (nSPS) is 14.5. The Bertz CT molecular complexity index is 1320. The molecule has 0 aliphatic rings. The van der Waals surface area contributed by atoms with Crippen LogP contribution in [0.4, 0.5) is 5.69 Å². The number of ether oxygens (including phenoxy) is 2. The maximum Gasteiger partial charge on any atom is 0.188 e. The number of aryl methyl sites for hydroxylation is 1. The van der Waals surface area contributed by atoms with Gasteiger partial charge in [-0.3, -0.25) is 4.99 Å². The van der Waals surface area contributed by atoms with Crippen LogP contribution < -0.4 is 10.0 Å². The number of methoxy groups -OCH3 is 1. The molecule has 0 aliphatic carbocycles. The summed E-state index contributed by atoms with van der Waals surface area (Å²) in [6.45, 7) is 23.1. The van der Waals surface area contributed by atoms with Crippen molar-refractivity contribution >= 4 is 25.3 Å². The summed E-state index contributed by atoms with van der Waals surface area (Å²) in [5.74, 6) is 0.982. The molecule has 0 saturated heterocycles. The molecule has 40 heavy (non-hydrogen) atoms. The zero-order valence-electron chi connectivity index (χ0n) is 26.7. The molecule has 3 nitrogen and oxygen atoms in total. The second-order valence-corrected chi connectivity index (χ2v) is 15.0. The Morgan fingerprint density at radius 1 is 0.850 bits per heavy atom. The summed E-state index contributed by atoms with van der Waals surface area (Å²) >= 11 is 0. The molecular formula is C36H50NO2P. The molecule has 0 amide bonds. The summed E-state index contributed by atoms with van der Waals surface area (Å²) in [6, 6.07) is 21.7. The van der Waals surface area contributed by atoms with Gasteiger partial charge in [-0.15, -0.1) is 0 Å². The first-order valence-corrected chi connectivity index (χ1v) is 15.5. The van der Waals surface area contributed by atoms with Crippen LogP contribution in [0.2, 0.25) is 0 Å². The fraction of sp³-hybridized carbons (Fsp3) is 0.472. The first-order valence-electron chi connectivity index (χ1n) is 14.5. The highest BCUT2D eigenvalue weighted by Crippen LogP contribution is 2.52. The average Bonchev–Trinajstić information content (AvgIpc) is 2.87. The summed E-state index contributed by atoms with van der Waals surface area (Å²) in [5, 5.41) is 1.25. The van der Waals surface area contributed by atoms with Gasteiger partial charge in [0.15, 0.2) is 6.79 Å². The number of nitrogens with zero attached hydrogens (tertiary/aromatic N) is 1. The van der Waals surface area contributed by atoms with Gasteiger partial charge < -0.3 is 9.47 Å². The number of aliphatic imine (C=N–C) groups is 1. The molecule has 3 aromatic rings. The molecule has 0 aromatic heterocycles. The quantitative estimate of drug-likeness (QED) is 0.141. The Labute approximate surface area is 245 Å². The average molecular weight is 560 g/mol. The Morgan fingerprint density at radius 2 is 1.50 bits per heavy atom. The minimum Gasteiger partial charge on any atom is -0.467 e. The van der Waals surface area contributed by atoms with E-state index in [9.17, 15) is 0 Å². The molecule has 0 fully saturated rings. The predicted molar refractivity (Wildman–Crippen MR) is 176 cm³/mol. The van der Waals surface area contributed by atoms with Crippen LogP contribution in [0.3, 0.4) is 0 Å². The lowest BCUT2D eigenvalue weighted by Crippen LogP contribution is -2.27. The SMILES string of the molecule is CCCC(C)(Pc1c(C)cccc1C(C)=Nc1ccccc1)c1cc(C(C)(C)C)cc(C(C)(C)C)c1OCOC. The van der Waals surface area contributed by atoms with Crippen molar-refractivity contribution in [2.45, 2.75) is 98.1 Å². The van der Waals surface area contributed by atoms with Crippen molar-refractivity contribution in [2.75, 3.05) is 13.9 Å². The monoisotopic (exact) mass is 559 g/mol. The van der Waals surface area contributed by atoms with E-state index < -0.39 is 0 Å². The van der Waals surface area contributed by atoms with Crippen molar-refractivity contribution in [2.24, 2.45) is 4.99 Å². The van der Waals surface area contributed by atoms with Crippen molar-refractivity contribution in [1.29, 1.82) is 0 Å². The fourth-order valence-corrected chi connectivity index (χ4v) is 7.16. The Kier molecular flexibility index (Phi) is 10.4. The van der Waals surface area contributed by atoms with Crippen molar-refractivity contribution in [3.8, 4) is 5.75 Å². The summed E-state index contributed by atoms with van der Waals surface area (Å²) in [4.78, 5) is 5.01. The van der Waals surface area contributed by atoms with E-state index in [1.807, 2.05) is 18.2 Å². The van der Waals surface area contributed by atoms with E-state index in [1.165, 1.54) is 33.1 Å². The highest BCUT2D eigenvalue weighted by atomic mass is 31.1. The highest BCUT2D eigenvalue weighted by Gasteiger charge is 2.36. The Balaban J connectivity index is 2.29. The van der Waals surface area contributed by atoms with Crippen LogP contribution in [0, 0.1) is 6.92 Å². The largest absolute Gasteiger partial charge is 0.467 e. The van der Waals surface area contributed by atoms with E-state index in [-0.39, 0.29) is 22.8 Å². The van der Waals surface area contributed by atoms with Crippen molar-refractivity contribution in [3.05, 3.63) is 88.5 Å². The molecular weight excluding hydrogens is 509 g/mol. The van der Waals surface area contributed by atoms with Gasteiger partial charge in [-0.1, -0.05) is 119 Å². The van der Waals surface area contributed by atoms with Crippen LogP contribution >= 0.6 is 8.58 Å². The molecule has 0 aliphatic heterocycles. The zero-order chi connectivity index (χ0) is 29.7. The molecule has 0 bridgehead atoms. The molecule has 0 N–H and O–H groups in total. The summed E-state index contributed by atoms with van der Waals surface area (Å²) in [6.07, 6.45) is 2.13. The van der Waals surface area contributed by atoms with Gasteiger partial charge in [-0.25, -0.2) is 0 Å². The lowest BCUT2D eigenvalue weighted by Gasteiger charge is -2.37. The summed E-state index contributed by atoms with van der Waals surface area (Å²) in [5.41, 5.74) is 8.37. The van der Waals surface area contributed by atoms with Crippen LogP contribution in [-0.2, 0) is 20.7 Å². The summed E-state index contributed by atoms with van der Waals surface area (Å²) in [7, 11) is 2.24. The minimum absolute atomic E-state index is 0.0114. The van der Waals surface area contributed by atoms with E-state index in [0.29, 0.717) is 8.58 Å². The molecule has 0 heterocycles. The lowest BCUT2D eigenvalue weighted by atomic mass is 9.77. The maximum absolute atomic E-state index is 6.49. The van der Waals surface area contributed by atoms with Gasteiger partial charge >= 0.3 is 0 Å². The number of rotatable bonds is 10. The van der Waals surface area contributed by atoms with E-state index in [0.717, 1.165) is 30.0 Å². The molecule has 0 radical (unpaired) electrons. The maximum atomic E-state index is 6.49. The van der Waals surface area contributed by atoms with Gasteiger partial charge in [-0.05, 0) is 59.7 Å². The van der Waals surface area contributed by atoms with Gasteiger partial charge in [0, 0.05) is 34.7 Å². The molecule has 0 spiro atoms. The van der Waals surface area contributed by atoms with E-state index in [4.69, 9.17) is 14.5 Å². The Hall–Kier alpha value is -2.48. The smallest absolute Gasteiger partial charge is 0.188 e. The highest BCUT2D eigenvalue weighted by molar-refractivity contribution is 7.49. The van der Waals surface area contributed by atoms with Crippen LogP contribution in [0.25, 0.3) is 0 Å². The van der Waals surface area contributed by atoms with Gasteiger partial charge in [0.25, 0.3) is 0 Å². The third-order valence-electron chi connectivity index (χ3n) is 7.55. The first kappa shape index (κ1) is 32.0. The Morgan fingerprint density at radius 3 is 2.08 bits per heavy atom. The van der Waals surface area contributed by atoms with Crippen LogP contribution in [-0.4, -0.2) is 19.6 Å². The second kappa shape index (κ2) is 13.0. The number of benzene rings is 3. The van der Waals surface area contributed by atoms with Gasteiger partial charge in [0.05, 0.1) is 5.69 Å². The molecule has 2 atom stereocenters. The van der Waals surface area contributed by atoms with Gasteiger partial charge in [0.2, 0.25) is 0 Å². The first-order chi connectivity index (χ1) is 18.7. The second-order valence-electron chi connectivity index (χ2n) is 13.2. The van der Waals surface area contributed by atoms with Gasteiger partial charge in [-0.2, -0.15) is 0 Å². The van der Waals surface area contributed by atoms with E-state index in [1.54, 1.807) is 7.11 Å². The molecule has 216 valence electrons. The molecule has 3 rings (SSSR count). The van der Waals surface area contributed by atoms with Crippen LogP contribution in [0.5, 0.6) is 5.75 Å². The van der Waals surface area contributed by atoms with Crippen LogP contribution in [0.15, 0.2) is 65.7 Å². The zero-order valence-corrected chi connectivity index (χ0v) is 27.7. The lowest BCUT2D eigenvalue weighted by molar-refractivity contribution is 0.0486. The molecule has 4 heteroatoms. The van der Waals surface area contributed by atoms with Crippen molar-refractivity contribution in [3.63, 3.8) is 0 Å².